The molecular weight excluding hydrogens is 342 g/mol. The van der Waals surface area contributed by atoms with E-state index in [0.717, 1.165) is 58.1 Å². The molecule has 4 nitrogen and oxygen atoms in total. The largest absolute Gasteiger partial charge is 0.302 e. The van der Waals surface area contributed by atoms with Gasteiger partial charge in [0.1, 0.15) is 10.7 Å². The zero-order valence-corrected chi connectivity index (χ0v) is 16.9. The van der Waals surface area contributed by atoms with E-state index in [9.17, 15) is 4.79 Å². The second-order valence-electron chi connectivity index (χ2n) is 6.44. The summed E-state index contributed by atoms with van der Waals surface area (Å²) in [4.78, 5) is 22.6. The average molecular weight is 370 g/mol. The van der Waals surface area contributed by atoms with Crippen molar-refractivity contribution in [3.05, 3.63) is 51.4 Å². The molecule has 0 fully saturated rings. The van der Waals surface area contributed by atoms with Crippen LogP contribution in [0.5, 0.6) is 0 Å². The van der Waals surface area contributed by atoms with Gasteiger partial charge in [-0.1, -0.05) is 51.1 Å². The lowest BCUT2D eigenvalue weighted by Crippen LogP contribution is -2.33. The van der Waals surface area contributed by atoms with E-state index < -0.39 is 0 Å². The first kappa shape index (κ1) is 18.8. The molecule has 0 saturated heterocycles. The maximum Gasteiger partial charge on any atom is 0.262 e. The van der Waals surface area contributed by atoms with Crippen LogP contribution in [0.15, 0.2) is 35.1 Å². The van der Waals surface area contributed by atoms with E-state index in [2.05, 4.69) is 44.7 Å². The number of aromatic nitrogens is 2. The zero-order chi connectivity index (χ0) is 18.7. The molecule has 0 atom stereocenters. The molecule has 0 unspecified atom stereocenters. The zero-order valence-electron chi connectivity index (χ0n) is 16.1. The van der Waals surface area contributed by atoms with Crippen molar-refractivity contribution in [2.75, 3.05) is 19.6 Å². The van der Waals surface area contributed by atoms with Gasteiger partial charge in [-0.3, -0.25) is 9.36 Å². The molecule has 138 valence electrons. The Hall–Kier alpha value is -1.98. The van der Waals surface area contributed by atoms with E-state index in [-0.39, 0.29) is 5.56 Å². The number of benzene rings is 1. The molecule has 5 heteroatoms. The summed E-state index contributed by atoms with van der Waals surface area (Å²) in [6, 6.07) is 10.2. The Morgan fingerprint density at radius 3 is 2.42 bits per heavy atom. The lowest BCUT2D eigenvalue weighted by atomic mass is 10.0. The van der Waals surface area contributed by atoms with Gasteiger partial charge in [0.25, 0.3) is 5.56 Å². The molecule has 0 N–H and O–H groups in total. The second-order valence-corrected chi connectivity index (χ2v) is 7.65. The lowest BCUT2D eigenvalue weighted by molar-refractivity contribution is 0.287. The van der Waals surface area contributed by atoms with Crippen LogP contribution < -0.4 is 5.56 Å². The van der Waals surface area contributed by atoms with Gasteiger partial charge in [-0.2, -0.15) is 0 Å². The van der Waals surface area contributed by atoms with Crippen molar-refractivity contribution in [2.45, 2.75) is 40.7 Å². The summed E-state index contributed by atoms with van der Waals surface area (Å²) in [5, 5.41) is 0.774. The molecule has 0 aliphatic carbocycles. The molecule has 0 radical (unpaired) electrons. The fourth-order valence-corrected chi connectivity index (χ4v) is 4.53. The maximum absolute atomic E-state index is 13.4. The van der Waals surface area contributed by atoms with Gasteiger partial charge in [-0.15, -0.1) is 11.3 Å². The molecule has 0 amide bonds. The summed E-state index contributed by atoms with van der Waals surface area (Å²) < 4.78 is 1.89. The number of nitrogens with zero attached hydrogens (tertiary/aromatic N) is 3. The molecule has 0 spiro atoms. The maximum atomic E-state index is 13.4. The molecule has 3 rings (SSSR count). The van der Waals surface area contributed by atoms with Crippen LogP contribution in [0.3, 0.4) is 0 Å². The normalized spacial score (nSPS) is 11.6. The third-order valence-corrected chi connectivity index (χ3v) is 5.98. The Morgan fingerprint density at radius 1 is 1.12 bits per heavy atom. The summed E-state index contributed by atoms with van der Waals surface area (Å²) in [5.41, 5.74) is 2.24. The van der Waals surface area contributed by atoms with Crippen molar-refractivity contribution >= 4 is 21.6 Å². The molecule has 0 bridgehead atoms. The Labute approximate surface area is 159 Å². The summed E-state index contributed by atoms with van der Waals surface area (Å²) in [6.45, 7) is 12.0. The number of fused-ring (bicyclic) bond motifs is 1. The highest BCUT2D eigenvalue weighted by Crippen LogP contribution is 2.35. The lowest BCUT2D eigenvalue weighted by Gasteiger charge is -2.19. The first-order valence-corrected chi connectivity index (χ1v) is 10.2. The van der Waals surface area contributed by atoms with Crippen molar-refractivity contribution in [3.8, 4) is 11.1 Å². The molecule has 0 aliphatic rings. The highest BCUT2D eigenvalue weighted by molar-refractivity contribution is 7.19. The Bertz CT molecular complexity index is 939. The van der Waals surface area contributed by atoms with Crippen LogP contribution in [0, 0.1) is 6.92 Å². The SMILES string of the molecule is CCc1nc2sc(C)c(-c3ccccc3)c2c(=O)n1CCN(CC)CC. The van der Waals surface area contributed by atoms with E-state index in [4.69, 9.17) is 4.98 Å². The van der Waals surface area contributed by atoms with E-state index in [1.54, 1.807) is 11.3 Å². The van der Waals surface area contributed by atoms with Gasteiger partial charge in [0.15, 0.2) is 0 Å². The third kappa shape index (κ3) is 3.46. The minimum atomic E-state index is 0.0993. The van der Waals surface area contributed by atoms with Gasteiger partial charge in [-0.05, 0) is 25.6 Å². The predicted molar refractivity (Wildman–Crippen MR) is 111 cm³/mol. The minimum absolute atomic E-state index is 0.0993. The molecule has 0 aliphatic heterocycles. The summed E-state index contributed by atoms with van der Waals surface area (Å²) in [6.07, 6.45) is 0.765. The number of likely N-dealkylation sites (N-methyl/N-ethyl adjacent to an activating group) is 1. The van der Waals surface area contributed by atoms with Crippen LogP contribution in [0.2, 0.25) is 0 Å². The average Bonchev–Trinajstić information content (AvgIpc) is 3.00. The predicted octanol–water partition coefficient (Wildman–Crippen LogP) is 4.34. The van der Waals surface area contributed by atoms with E-state index in [0.29, 0.717) is 6.54 Å². The van der Waals surface area contributed by atoms with E-state index in [1.807, 2.05) is 22.8 Å². The molecular formula is C21H27N3OS. The molecule has 2 aromatic heterocycles. The van der Waals surface area contributed by atoms with Crippen molar-refractivity contribution in [2.24, 2.45) is 0 Å². The molecule has 3 aromatic rings. The Morgan fingerprint density at radius 2 is 1.81 bits per heavy atom. The smallest absolute Gasteiger partial charge is 0.262 e. The molecule has 0 saturated carbocycles. The van der Waals surface area contributed by atoms with Gasteiger partial charge < -0.3 is 4.90 Å². The van der Waals surface area contributed by atoms with Gasteiger partial charge in [-0.25, -0.2) is 4.98 Å². The van der Waals surface area contributed by atoms with Crippen LogP contribution >= 0.6 is 11.3 Å². The fourth-order valence-electron chi connectivity index (χ4n) is 3.47. The van der Waals surface area contributed by atoms with E-state index in [1.165, 1.54) is 0 Å². The van der Waals surface area contributed by atoms with Gasteiger partial charge in [0.05, 0.1) is 5.39 Å². The quantitative estimate of drug-likeness (QED) is 0.622. The Kier molecular flexibility index (Phi) is 5.89. The Balaban J connectivity index is 2.16. The second kappa shape index (κ2) is 8.14. The van der Waals surface area contributed by atoms with Crippen LogP contribution in [0.1, 0.15) is 31.5 Å². The molecule has 1 aromatic carbocycles. The monoisotopic (exact) mass is 369 g/mol. The number of hydrogen-bond donors (Lipinski definition) is 0. The fraction of sp³-hybridized carbons (Fsp3) is 0.429. The van der Waals surface area contributed by atoms with Gasteiger partial charge in [0.2, 0.25) is 0 Å². The summed E-state index contributed by atoms with van der Waals surface area (Å²) in [5.74, 6) is 0.885. The van der Waals surface area contributed by atoms with Crippen LogP contribution in [0.4, 0.5) is 0 Å². The van der Waals surface area contributed by atoms with Crippen LogP contribution in [0.25, 0.3) is 21.3 Å². The summed E-state index contributed by atoms with van der Waals surface area (Å²) >= 11 is 1.62. The highest BCUT2D eigenvalue weighted by atomic mass is 32.1. The van der Waals surface area contributed by atoms with Gasteiger partial charge >= 0.3 is 0 Å². The molecule has 2 heterocycles. The van der Waals surface area contributed by atoms with Crippen molar-refractivity contribution in [1.82, 2.24) is 14.5 Å². The topological polar surface area (TPSA) is 38.1 Å². The number of rotatable bonds is 7. The summed E-state index contributed by atoms with van der Waals surface area (Å²) in [7, 11) is 0. The first-order valence-electron chi connectivity index (χ1n) is 9.41. The minimum Gasteiger partial charge on any atom is -0.302 e. The van der Waals surface area contributed by atoms with Gasteiger partial charge in [0, 0.05) is 30.0 Å². The van der Waals surface area contributed by atoms with E-state index >= 15 is 0 Å². The third-order valence-electron chi connectivity index (χ3n) is 4.98. The first-order chi connectivity index (χ1) is 12.6. The van der Waals surface area contributed by atoms with Crippen LogP contribution in [-0.2, 0) is 13.0 Å². The van der Waals surface area contributed by atoms with Crippen molar-refractivity contribution < 1.29 is 0 Å². The standard InChI is InChI=1S/C21H27N3OS/c1-5-17-22-20-19(21(25)24(17)14-13-23(6-2)7-3)18(15(4)26-20)16-11-9-8-10-12-16/h8-12H,5-7,13-14H2,1-4H3. The highest BCUT2D eigenvalue weighted by Gasteiger charge is 2.19. The number of thiophene rings is 1. The van der Waals surface area contributed by atoms with Crippen LogP contribution in [-0.4, -0.2) is 34.1 Å². The number of hydrogen-bond acceptors (Lipinski definition) is 4. The number of aryl methyl sites for hydroxylation is 2. The van der Waals surface area contributed by atoms with Crippen molar-refractivity contribution in [1.29, 1.82) is 0 Å². The van der Waals surface area contributed by atoms with Crippen molar-refractivity contribution in [3.63, 3.8) is 0 Å². The molecule has 26 heavy (non-hydrogen) atoms.